The molecule has 25 heavy (non-hydrogen) atoms. The maximum atomic E-state index is 13.0. The molecule has 6 nitrogen and oxygen atoms in total. The number of carbonyl (C=O) groups excluding carboxylic acids is 1. The molecule has 0 N–H and O–H groups in total. The molecule has 8 heteroatoms. The molecule has 0 bridgehead atoms. The highest BCUT2D eigenvalue weighted by atomic mass is 35.5. The van der Waals surface area contributed by atoms with E-state index in [1.165, 1.54) is 0 Å². The van der Waals surface area contributed by atoms with Crippen molar-refractivity contribution in [3.8, 4) is 5.69 Å². The Labute approximate surface area is 150 Å². The first-order valence-corrected chi connectivity index (χ1v) is 8.82. The number of likely N-dealkylation sites (tertiary alicyclic amines) is 1. The quantitative estimate of drug-likeness (QED) is 0.839. The van der Waals surface area contributed by atoms with Crippen LogP contribution in [0.15, 0.2) is 30.9 Å². The number of rotatable bonds is 3. The van der Waals surface area contributed by atoms with Gasteiger partial charge in [0.05, 0.1) is 41.9 Å². The molecule has 0 aromatic carbocycles. The molecule has 0 saturated carbocycles. The highest BCUT2D eigenvalue weighted by molar-refractivity contribution is 6.30. The second-order valence-electron chi connectivity index (χ2n) is 6.57. The van der Waals surface area contributed by atoms with Gasteiger partial charge in [0.15, 0.2) is 0 Å². The molecule has 2 saturated heterocycles. The van der Waals surface area contributed by atoms with Crippen molar-refractivity contribution in [2.45, 2.75) is 19.0 Å². The summed E-state index contributed by atoms with van der Waals surface area (Å²) in [4.78, 5) is 20.4. The van der Waals surface area contributed by atoms with Crippen molar-refractivity contribution in [2.75, 3.05) is 31.1 Å². The summed E-state index contributed by atoms with van der Waals surface area (Å²) in [5.74, 6) is 0.0850. The molecular formula is C17H19ClFN5O. The van der Waals surface area contributed by atoms with Crippen LogP contribution in [0.5, 0.6) is 0 Å². The third kappa shape index (κ3) is 3.20. The van der Waals surface area contributed by atoms with Gasteiger partial charge in [-0.25, -0.2) is 9.07 Å². The number of anilines is 1. The molecule has 4 rings (SSSR count). The van der Waals surface area contributed by atoms with Crippen molar-refractivity contribution < 1.29 is 9.18 Å². The molecule has 0 radical (unpaired) electrons. The molecule has 2 fully saturated rings. The summed E-state index contributed by atoms with van der Waals surface area (Å²) in [6.07, 6.45) is 7.58. The van der Waals surface area contributed by atoms with E-state index in [9.17, 15) is 9.18 Å². The maximum absolute atomic E-state index is 13.0. The van der Waals surface area contributed by atoms with Crippen LogP contribution < -0.4 is 4.90 Å². The summed E-state index contributed by atoms with van der Waals surface area (Å²) < 4.78 is 14.7. The number of halogens is 2. The molecule has 2 aliphatic rings. The van der Waals surface area contributed by atoms with Gasteiger partial charge in [-0.3, -0.25) is 9.78 Å². The lowest BCUT2D eigenvalue weighted by Crippen LogP contribution is -2.54. The van der Waals surface area contributed by atoms with Gasteiger partial charge in [-0.1, -0.05) is 11.6 Å². The third-order valence-corrected chi connectivity index (χ3v) is 5.10. The van der Waals surface area contributed by atoms with Gasteiger partial charge in [-0.2, -0.15) is 5.10 Å². The van der Waals surface area contributed by atoms with Crippen molar-refractivity contribution in [1.82, 2.24) is 19.7 Å². The van der Waals surface area contributed by atoms with Gasteiger partial charge in [0.25, 0.3) is 0 Å². The Morgan fingerprint density at radius 3 is 2.60 bits per heavy atom. The van der Waals surface area contributed by atoms with E-state index >= 15 is 0 Å². The molecule has 0 unspecified atom stereocenters. The fourth-order valence-electron chi connectivity index (χ4n) is 3.48. The predicted octanol–water partition coefficient (Wildman–Crippen LogP) is 2.32. The van der Waals surface area contributed by atoms with E-state index in [1.807, 2.05) is 12.3 Å². The molecule has 0 spiro atoms. The van der Waals surface area contributed by atoms with Crippen LogP contribution in [-0.2, 0) is 4.79 Å². The average molecular weight is 364 g/mol. The molecule has 132 valence electrons. The minimum Gasteiger partial charge on any atom is -0.368 e. The van der Waals surface area contributed by atoms with Crippen molar-refractivity contribution >= 4 is 23.2 Å². The Bertz CT molecular complexity index is 768. The Balaban J connectivity index is 1.45. The molecular weight excluding hydrogens is 345 g/mol. The van der Waals surface area contributed by atoms with E-state index in [1.54, 1.807) is 28.2 Å². The first kappa shape index (κ1) is 16.3. The number of nitrogens with zero attached hydrogens (tertiary/aromatic N) is 5. The van der Waals surface area contributed by atoms with E-state index in [0.717, 1.165) is 37.3 Å². The van der Waals surface area contributed by atoms with E-state index in [2.05, 4.69) is 15.0 Å². The average Bonchev–Trinajstić information content (AvgIpc) is 3.05. The standard InChI is InChI=1S/C17H19ClFN5O/c18-13-7-21-24(9-13)15-1-4-20-8-16(15)22-5-2-12(3-6-22)17(25)23-10-14(19)11-23/h1,4,7-9,12,14H,2-3,5-6,10-11H2. The van der Waals surface area contributed by atoms with Gasteiger partial charge in [0.2, 0.25) is 5.91 Å². The second kappa shape index (κ2) is 6.63. The first-order valence-electron chi connectivity index (χ1n) is 8.44. The lowest BCUT2D eigenvalue weighted by Gasteiger charge is -2.40. The number of hydrogen-bond donors (Lipinski definition) is 0. The first-order chi connectivity index (χ1) is 12.1. The highest BCUT2D eigenvalue weighted by Crippen LogP contribution is 2.30. The van der Waals surface area contributed by atoms with E-state index < -0.39 is 6.17 Å². The lowest BCUT2D eigenvalue weighted by molar-refractivity contribution is -0.143. The topological polar surface area (TPSA) is 54.3 Å². The Hall–Kier alpha value is -2.15. The Morgan fingerprint density at radius 1 is 1.20 bits per heavy atom. The third-order valence-electron chi connectivity index (χ3n) is 4.91. The van der Waals surface area contributed by atoms with Gasteiger partial charge in [-0.05, 0) is 18.9 Å². The summed E-state index contributed by atoms with van der Waals surface area (Å²) in [7, 11) is 0. The highest BCUT2D eigenvalue weighted by Gasteiger charge is 2.36. The van der Waals surface area contributed by atoms with Crippen LogP contribution in [0.4, 0.5) is 10.1 Å². The van der Waals surface area contributed by atoms with Gasteiger partial charge >= 0.3 is 0 Å². The van der Waals surface area contributed by atoms with Crippen LogP contribution in [0.1, 0.15) is 12.8 Å². The minimum absolute atomic E-state index is 0.0111. The summed E-state index contributed by atoms with van der Waals surface area (Å²) in [6.45, 7) is 2.03. The summed E-state index contributed by atoms with van der Waals surface area (Å²) in [6, 6.07) is 1.90. The molecule has 1 amide bonds. The van der Waals surface area contributed by atoms with E-state index in [4.69, 9.17) is 11.6 Å². The number of aromatic nitrogens is 3. The molecule has 0 atom stereocenters. The predicted molar refractivity (Wildman–Crippen MR) is 92.8 cm³/mol. The van der Waals surface area contributed by atoms with E-state index in [-0.39, 0.29) is 24.9 Å². The lowest BCUT2D eigenvalue weighted by atomic mass is 9.93. The molecule has 0 aliphatic carbocycles. The number of piperidine rings is 1. The SMILES string of the molecule is O=C(C1CCN(c2cnccc2-n2cc(Cl)cn2)CC1)N1CC(F)C1. The van der Waals surface area contributed by atoms with E-state index in [0.29, 0.717) is 5.02 Å². The van der Waals surface area contributed by atoms with Crippen LogP contribution in [0.2, 0.25) is 5.02 Å². The zero-order valence-corrected chi connectivity index (χ0v) is 14.4. The Morgan fingerprint density at radius 2 is 1.96 bits per heavy atom. The summed E-state index contributed by atoms with van der Waals surface area (Å²) in [5.41, 5.74) is 1.88. The van der Waals surface area contributed by atoms with Crippen LogP contribution >= 0.6 is 11.6 Å². The smallest absolute Gasteiger partial charge is 0.226 e. The number of alkyl halides is 1. The number of hydrogen-bond acceptors (Lipinski definition) is 4. The number of carbonyl (C=O) groups is 1. The summed E-state index contributed by atoms with van der Waals surface area (Å²) in [5, 5.41) is 4.84. The Kier molecular flexibility index (Phi) is 4.33. The molecule has 2 aromatic rings. The van der Waals surface area contributed by atoms with Gasteiger partial charge in [0, 0.05) is 31.4 Å². The van der Waals surface area contributed by atoms with Crippen LogP contribution in [0.25, 0.3) is 5.69 Å². The monoisotopic (exact) mass is 363 g/mol. The van der Waals surface area contributed by atoms with Gasteiger partial charge in [0.1, 0.15) is 6.17 Å². The maximum Gasteiger partial charge on any atom is 0.226 e. The number of pyridine rings is 1. The fraction of sp³-hybridized carbons (Fsp3) is 0.471. The summed E-state index contributed by atoms with van der Waals surface area (Å²) >= 11 is 5.98. The van der Waals surface area contributed by atoms with Crippen LogP contribution in [0.3, 0.4) is 0 Å². The van der Waals surface area contributed by atoms with Gasteiger partial charge in [-0.15, -0.1) is 0 Å². The largest absolute Gasteiger partial charge is 0.368 e. The zero-order valence-electron chi connectivity index (χ0n) is 13.7. The van der Waals surface area contributed by atoms with Crippen molar-refractivity contribution in [3.05, 3.63) is 35.9 Å². The molecule has 2 aliphatic heterocycles. The van der Waals surface area contributed by atoms with Crippen LogP contribution in [-0.4, -0.2) is 57.9 Å². The molecule has 2 aromatic heterocycles. The molecule has 4 heterocycles. The fourth-order valence-corrected chi connectivity index (χ4v) is 3.62. The minimum atomic E-state index is -0.845. The van der Waals surface area contributed by atoms with Gasteiger partial charge < -0.3 is 9.80 Å². The zero-order chi connectivity index (χ0) is 17.4. The van der Waals surface area contributed by atoms with Crippen molar-refractivity contribution in [3.63, 3.8) is 0 Å². The number of amides is 1. The second-order valence-corrected chi connectivity index (χ2v) is 7.01. The van der Waals surface area contributed by atoms with Crippen molar-refractivity contribution in [1.29, 1.82) is 0 Å². The normalized spacial score (nSPS) is 19.1. The van der Waals surface area contributed by atoms with Crippen molar-refractivity contribution in [2.24, 2.45) is 5.92 Å². The van der Waals surface area contributed by atoms with Crippen LogP contribution in [0, 0.1) is 5.92 Å².